The molecule has 0 heterocycles. The second-order valence-electron chi connectivity index (χ2n) is 10.6. The Bertz CT molecular complexity index is 1810. The summed E-state index contributed by atoms with van der Waals surface area (Å²) in [6.45, 7) is 2.15. The van der Waals surface area contributed by atoms with E-state index >= 15 is 8.78 Å². The molecular weight excluding hydrogens is 617 g/mol. The number of aryl methyl sites for hydroxylation is 1. The van der Waals surface area contributed by atoms with Gasteiger partial charge in [0.25, 0.3) is 0 Å². The summed E-state index contributed by atoms with van der Waals surface area (Å²) in [6, 6.07) is 19.7. The van der Waals surface area contributed by atoms with E-state index in [0.29, 0.717) is 29.8 Å². The Morgan fingerprint density at radius 1 is 0.578 bits per heavy atom. The first-order valence-electron chi connectivity index (χ1n) is 14.2. The fourth-order valence-electron chi connectivity index (χ4n) is 5.00. The second-order valence-corrected chi connectivity index (χ2v) is 10.9. The molecule has 0 bridgehead atoms. The Hall–Kier alpha value is -4.30. The van der Waals surface area contributed by atoms with E-state index in [1.54, 1.807) is 12.1 Å². The molecule has 0 aliphatic heterocycles. The van der Waals surface area contributed by atoms with E-state index in [9.17, 15) is 22.0 Å². The SMILES string of the molecule is CCCCCc1ccc(-c2ccc(-c3ccc(-c4ccc(C(F)(F)Oc5cc(F)c(Cl)c(F)c5)c(F)c4)c(F)c3)c(F)c2)cc1. The van der Waals surface area contributed by atoms with E-state index in [0.717, 1.165) is 43.4 Å². The second kappa shape index (κ2) is 13.4. The number of alkyl halides is 2. The molecule has 0 aliphatic rings. The first kappa shape index (κ1) is 32.1. The minimum atomic E-state index is -4.34. The van der Waals surface area contributed by atoms with Crippen LogP contribution >= 0.6 is 11.6 Å². The average Bonchev–Trinajstić information content (AvgIpc) is 3.00. The smallest absolute Gasteiger partial charge is 0.429 e. The van der Waals surface area contributed by atoms with Crippen LogP contribution < -0.4 is 4.74 Å². The van der Waals surface area contributed by atoms with Crippen LogP contribution in [0.4, 0.5) is 30.7 Å². The Morgan fingerprint density at radius 2 is 1.09 bits per heavy atom. The summed E-state index contributed by atoms with van der Waals surface area (Å²) in [4.78, 5) is 0. The van der Waals surface area contributed by atoms with Crippen LogP contribution in [0.3, 0.4) is 0 Å². The largest absolute Gasteiger partial charge is 0.429 e. The monoisotopic (exact) mass is 642 g/mol. The zero-order valence-electron chi connectivity index (χ0n) is 23.9. The van der Waals surface area contributed by atoms with Gasteiger partial charge in [-0.05, 0) is 64.9 Å². The summed E-state index contributed by atoms with van der Waals surface area (Å²) in [5.74, 6) is -6.44. The quantitative estimate of drug-likeness (QED) is 0.0837. The van der Waals surface area contributed by atoms with E-state index in [2.05, 4.69) is 11.7 Å². The van der Waals surface area contributed by atoms with Crippen molar-refractivity contribution in [2.45, 2.75) is 38.7 Å². The third-order valence-electron chi connectivity index (χ3n) is 7.40. The number of unbranched alkanes of at least 4 members (excludes halogenated alkanes) is 2. The van der Waals surface area contributed by atoms with Crippen LogP contribution in [0.2, 0.25) is 5.02 Å². The van der Waals surface area contributed by atoms with Crippen molar-refractivity contribution in [1.82, 2.24) is 0 Å². The highest BCUT2D eigenvalue weighted by Crippen LogP contribution is 2.38. The maximum Gasteiger partial charge on any atom is 0.429 e. The molecule has 0 aliphatic carbocycles. The molecular formula is C36H26ClF7O. The van der Waals surface area contributed by atoms with Crippen molar-refractivity contribution in [1.29, 1.82) is 0 Å². The van der Waals surface area contributed by atoms with Gasteiger partial charge in [-0.2, -0.15) is 8.78 Å². The van der Waals surface area contributed by atoms with Crippen LogP contribution in [-0.2, 0) is 12.5 Å². The minimum Gasteiger partial charge on any atom is -0.429 e. The van der Waals surface area contributed by atoms with Crippen molar-refractivity contribution in [3.63, 3.8) is 0 Å². The van der Waals surface area contributed by atoms with Gasteiger partial charge in [-0.15, -0.1) is 0 Å². The molecule has 5 aromatic rings. The fraction of sp³-hybridized carbons (Fsp3) is 0.167. The average molecular weight is 643 g/mol. The zero-order chi connectivity index (χ0) is 32.3. The number of ether oxygens (including phenoxy) is 1. The Labute approximate surface area is 260 Å². The molecule has 0 amide bonds. The van der Waals surface area contributed by atoms with E-state index < -0.39 is 51.5 Å². The van der Waals surface area contributed by atoms with Gasteiger partial charge in [0, 0.05) is 23.3 Å². The van der Waals surface area contributed by atoms with Crippen molar-refractivity contribution in [3.8, 4) is 39.1 Å². The highest BCUT2D eigenvalue weighted by atomic mass is 35.5. The standard InChI is InChI=1S/C36H26ClF7O/c1-2-3-4-5-21-6-8-22(9-7-21)23-10-13-27(30(38)16-23)24-11-14-28(31(39)17-24)25-12-15-29(32(40)18-25)36(43,44)45-26-19-33(41)35(37)34(42)20-26/h6-20H,2-5H2,1H3. The zero-order valence-corrected chi connectivity index (χ0v) is 24.7. The van der Waals surface area contributed by atoms with E-state index in [1.165, 1.54) is 23.8 Å². The lowest BCUT2D eigenvalue weighted by atomic mass is 9.96. The lowest BCUT2D eigenvalue weighted by Gasteiger charge is -2.19. The molecule has 5 aromatic carbocycles. The molecule has 9 heteroatoms. The molecule has 232 valence electrons. The van der Waals surface area contributed by atoms with Crippen LogP contribution in [0.1, 0.15) is 37.3 Å². The van der Waals surface area contributed by atoms with Gasteiger partial charge < -0.3 is 4.74 Å². The van der Waals surface area contributed by atoms with Crippen LogP contribution in [0.5, 0.6) is 5.75 Å². The third-order valence-corrected chi connectivity index (χ3v) is 7.76. The Balaban J connectivity index is 1.34. The molecule has 0 fully saturated rings. The molecule has 0 saturated carbocycles. The van der Waals surface area contributed by atoms with E-state index in [1.807, 2.05) is 24.3 Å². The summed E-state index contributed by atoms with van der Waals surface area (Å²) in [7, 11) is 0. The van der Waals surface area contributed by atoms with Crippen molar-refractivity contribution in [3.05, 3.63) is 136 Å². The number of halogens is 8. The highest BCUT2D eigenvalue weighted by molar-refractivity contribution is 6.30. The highest BCUT2D eigenvalue weighted by Gasteiger charge is 2.38. The van der Waals surface area contributed by atoms with Crippen molar-refractivity contribution >= 4 is 11.6 Å². The number of benzene rings is 5. The van der Waals surface area contributed by atoms with Gasteiger partial charge in [0.2, 0.25) is 0 Å². The predicted octanol–water partition coefficient (Wildman–Crippen LogP) is 11.9. The van der Waals surface area contributed by atoms with Gasteiger partial charge in [0.05, 0.1) is 5.56 Å². The van der Waals surface area contributed by atoms with Crippen molar-refractivity contribution in [2.75, 3.05) is 0 Å². The van der Waals surface area contributed by atoms with Crippen LogP contribution in [-0.4, -0.2) is 0 Å². The summed E-state index contributed by atoms with van der Waals surface area (Å²) in [5.41, 5.74) is 1.65. The molecule has 5 rings (SSSR count). The van der Waals surface area contributed by atoms with Gasteiger partial charge in [0.1, 0.15) is 39.9 Å². The normalized spacial score (nSPS) is 11.6. The maximum absolute atomic E-state index is 15.2. The molecule has 1 nitrogen and oxygen atoms in total. The van der Waals surface area contributed by atoms with Gasteiger partial charge >= 0.3 is 6.11 Å². The first-order chi connectivity index (χ1) is 21.5. The number of rotatable bonds is 10. The molecule has 0 saturated heterocycles. The van der Waals surface area contributed by atoms with Crippen molar-refractivity contribution < 1.29 is 35.5 Å². The Kier molecular flexibility index (Phi) is 9.53. The predicted molar refractivity (Wildman–Crippen MR) is 162 cm³/mol. The maximum atomic E-state index is 15.2. The Morgan fingerprint density at radius 3 is 1.64 bits per heavy atom. The van der Waals surface area contributed by atoms with Gasteiger partial charge in [-0.25, -0.2) is 22.0 Å². The molecule has 0 atom stereocenters. The van der Waals surface area contributed by atoms with Crippen LogP contribution in [0.25, 0.3) is 33.4 Å². The lowest BCUT2D eigenvalue weighted by Crippen LogP contribution is -2.23. The minimum absolute atomic E-state index is 0.0753. The molecule has 45 heavy (non-hydrogen) atoms. The molecule has 0 N–H and O–H groups in total. The topological polar surface area (TPSA) is 9.23 Å². The van der Waals surface area contributed by atoms with Crippen LogP contribution in [0.15, 0.2) is 91.0 Å². The fourth-order valence-corrected chi connectivity index (χ4v) is 5.11. The van der Waals surface area contributed by atoms with Gasteiger partial charge in [-0.3, -0.25) is 0 Å². The summed E-state index contributed by atoms with van der Waals surface area (Å²) in [6.07, 6.45) is 0.0556. The summed E-state index contributed by atoms with van der Waals surface area (Å²) < 4.78 is 106. The molecule has 0 spiro atoms. The van der Waals surface area contributed by atoms with Gasteiger partial charge in [-0.1, -0.05) is 86.0 Å². The summed E-state index contributed by atoms with van der Waals surface area (Å²) >= 11 is 5.35. The lowest BCUT2D eigenvalue weighted by molar-refractivity contribution is -0.187. The molecule has 0 radical (unpaired) electrons. The number of hydrogen-bond acceptors (Lipinski definition) is 1. The third kappa shape index (κ3) is 7.17. The molecule has 0 unspecified atom stereocenters. The van der Waals surface area contributed by atoms with Crippen molar-refractivity contribution in [2.24, 2.45) is 0 Å². The van der Waals surface area contributed by atoms with E-state index in [-0.39, 0.29) is 22.3 Å². The number of hydrogen-bond donors (Lipinski definition) is 0. The van der Waals surface area contributed by atoms with Gasteiger partial charge in [0.15, 0.2) is 0 Å². The van der Waals surface area contributed by atoms with E-state index in [4.69, 9.17) is 11.6 Å². The molecule has 0 aromatic heterocycles. The van der Waals surface area contributed by atoms with Crippen LogP contribution in [0, 0.1) is 29.1 Å². The first-order valence-corrected chi connectivity index (χ1v) is 14.5. The summed E-state index contributed by atoms with van der Waals surface area (Å²) in [5, 5.41) is -0.910.